The number of H-pyrrole nitrogens is 1. The lowest BCUT2D eigenvalue weighted by Gasteiger charge is -2.05. The first-order chi connectivity index (χ1) is 10.3. The fourth-order valence-corrected chi connectivity index (χ4v) is 1.71. The summed E-state index contributed by atoms with van der Waals surface area (Å²) >= 11 is 0. The standard InChI is InChI=1S/C15H16N4O2/c20-11-2-1-4-12-5-3-7-18-14(12)15(21)19-8-6-13-16-9-10-17-13/h3,5,7,9-10,20H,2,6,8,11H2,(H,16,17)(H,19,21). The summed E-state index contributed by atoms with van der Waals surface area (Å²) in [5.74, 6) is 6.19. The van der Waals surface area contributed by atoms with Gasteiger partial charge in [-0.05, 0) is 12.1 Å². The van der Waals surface area contributed by atoms with Crippen LogP contribution in [-0.2, 0) is 6.42 Å². The molecule has 0 aromatic carbocycles. The highest BCUT2D eigenvalue weighted by Crippen LogP contribution is 2.03. The van der Waals surface area contributed by atoms with Crippen molar-refractivity contribution in [3.8, 4) is 11.8 Å². The molecule has 0 saturated carbocycles. The van der Waals surface area contributed by atoms with Crippen LogP contribution in [0, 0.1) is 11.8 Å². The van der Waals surface area contributed by atoms with Crippen LogP contribution < -0.4 is 5.32 Å². The van der Waals surface area contributed by atoms with E-state index in [1.165, 1.54) is 0 Å². The number of aliphatic hydroxyl groups excluding tert-OH is 1. The molecule has 0 saturated heterocycles. The van der Waals surface area contributed by atoms with Crippen LogP contribution in [0.1, 0.15) is 28.3 Å². The Hall–Kier alpha value is -2.65. The minimum absolute atomic E-state index is 0.00204. The molecule has 0 radical (unpaired) electrons. The number of aliphatic hydroxyl groups is 1. The van der Waals surface area contributed by atoms with Crippen molar-refractivity contribution in [3.05, 3.63) is 47.8 Å². The zero-order chi connectivity index (χ0) is 14.9. The Kier molecular flexibility index (Phi) is 5.50. The number of nitrogens with one attached hydrogen (secondary N) is 2. The molecule has 2 aromatic heterocycles. The predicted molar refractivity (Wildman–Crippen MR) is 77.4 cm³/mol. The number of rotatable bonds is 5. The highest BCUT2D eigenvalue weighted by Gasteiger charge is 2.10. The molecule has 0 aliphatic rings. The summed E-state index contributed by atoms with van der Waals surface area (Å²) in [7, 11) is 0. The fourth-order valence-electron chi connectivity index (χ4n) is 1.71. The summed E-state index contributed by atoms with van der Waals surface area (Å²) in [5.41, 5.74) is 0.851. The maximum atomic E-state index is 12.1. The predicted octanol–water partition coefficient (Wildman–Crippen LogP) is 0.511. The summed E-state index contributed by atoms with van der Waals surface area (Å²) in [5, 5.41) is 11.5. The topological polar surface area (TPSA) is 90.9 Å². The Morgan fingerprint density at radius 1 is 1.38 bits per heavy atom. The monoisotopic (exact) mass is 284 g/mol. The van der Waals surface area contributed by atoms with Crippen molar-refractivity contribution in [2.75, 3.05) is 13.2 Å². The zero-order valence-electron chi connectivity index (χ0n) is 11.5. The lowest BCUT2D eigenvalue weighted by Crippen LogP contribution is -2.27. The molecule has 2 aromatic rings. The third-order valence-electron chi connectivity index (χ3n) is 2.68. The number of aromatic nitrogens is 3. The van der Waals surface area contributed by atoms with Crippen molar-refractivity contribution in [3.63, 3.8) is 0 Å². The first-order valence-corrected chi connectivity index (χ1v) is 6.62. The number of amides is 1. The van der Waals surface area contributed by atoms with Crippen molar-refractivity contribution >= 4 is 5.91 Å². The summed E-state index contributed by atoms with van der Waals surface area (Å²) in [4.78, 5) is 23.2. The van der Waals surface area contributed by atoms with Gasteiger partial charge in [0, 0.05) is 38.0 Å². The van der Waals surface area contributed by atoms with Crippen LogP contribution in [-0.4, -0.2) is 39.1 Å². The summed E-state index contributed by atoms with van der Waals surface area (Å²) in [6.07, 6.45) is 5.96. The molecular formula is C15H16N4O2. The van der Waals surface area contributed by atoms with Crippen molar-refractivity contribution in [1.82, 2.24) is 20.3 Å². The van der Waals surface area contributed by atoms with E-state index in [-0.39, 0.29) is 12.5 Å². The minimum atomic E-state index is -0.268. The number of pyridine rings is 1. The summed E-state index contributed by atoms with van der Waals surface area (Å²) in [6.45, 7) is 0.463. The van der Waals surface area contributed by atoms with Gasteiger partial charge >= 0.3 is 0 Å². The molecule has 1 amide bonds. The molecule has 0 bridgehead atoms. The van der Waals surface area contributed by atoms with Crippen molar-refractivity contribution in [2.45, 2.75) is 12.8 Å². The van der Waals surface area contributed by atoms with E-state index in [4.69, 9.17) is 5.11 Å². The van der Waals surface area contributed by atoms with Gasteiger partial charge in [-0.2, -0.15) is 0 Å². The third-order valence-corrected chi connectivity index (χ3v) is 2.68. The quantitative estimate of drug-likeness (QED) is 0.698. The maximum absolute atomic E-state index is 12.1. The van der Waals surface area contributed by atoms with Crippen molar-refractivity contribution in [2.24, 2.45) is 0 Å². The number of hydrogen-bond donors (Lipinski definition) is 3. The van der Waals surface area contributed by atoms with Crippen molar-refractivity contribution < 1.29 is 9.90 Å². The lowest BCUT2D eigenvalue weighted by molar-refractivity contribution is 0.0949. The fraction of sp³-hybridized carbons (Fsp3) is 0.267. The van der Waals surface area contributed by atoms with Crippen LogP contribution in [0.25, 0.3) is 0 Å². The van der Waals surface area contributed by atoms with E-state index in [9.17, 15) is 4.79 Å². The second-order valence-electron chi connectivity index (χ2n) is 4.22. The minimum Gasteiger partial charge on any atom is -0.395 e. The van der Waals surface area contributed by atoms with E-state index in [1.54, 1.807) is 30.7 Å². The molecule has 0 spiro atoms. The van der Waals surface area contributed by atoms with Gasteiger partial charge in [-0.25, -0.2) is 9.97 Å². The largest absolute Gasteiger partial charge is 0.395 e. The Balaban J connectivity index is 1.97. The number of carbonyl (C=O) groups excluding carboxylic acids is 1. The van der Waals surface area contributed by atoms with E-state index in [1.807, 2.05) is 0 Å². The summed E-state index contributed by atoms with van der Waals surface area (Å²) < 4.78 is 0. The van der Waals surface area contributed by atoms with Crippen molar-refractivity contribution in [1.29, 1.82) is 0 Å². The highest BCUT2D eigenvalue weighted by molar-refractivity contribution is 5.94. The van der Waals surface area contributed by atoms with Gasteiger partial charge in [0.05, 0.1) is 12.2 Å². The molecule has 6 heteroatoms. The van der Waals surface area contributed by atoms with Crippen LogP contribution in [0.5, 0.6) is 0 Å². The Labute approximate surface area is 122 Å². The van der Waals surface area contributed by atoms with E-state index < -0.39 is 0 Å². The van der Waals surface area contributed by atoms with Gasteiger partial charge in [-0.3, -0.25) is 4.79 Å². The van der Waals surface area contributed by atoms with Gasteiger partial charge in [-0.1, -0.05) is 11.8 Å². The maximum Gasteiger partial charge on any atom is 0.271 e. The van der Waals surface area contributed by atoms with E-state index in [0.717, 1.165) is 5.82 Å². The molecule has 108 valence electrons. The SMILES string of the molecule is O=C(NCCc1ncc[nH]1)c1ncccc1C#CCCO. The smallest absolute Gasteiger partial charge is 0.271 e. The average Bonchev–Trinajstić information content (AvgIpc) is 3.01. The number of hydrogen-bond acceptors (Lipinski definition) is 4. The summed E-state index contributed by atoms with van der Waals surface area (Å²) in [6, 6.07) is 3.46. The second-order valence-corrected chi connectivity index (χ2v) is 4.22. The molecule has 3 N–H and O–H groups in total. The number of carbonyl (C=O) groups is 1. The van der Waals surface area contributed by atoms with Gasteiger partial charge in [-0.15, -0.1) is 0 Å². The molecule has 0 unspecified atom stereocenters. The number of imidazole rings is 1. The first kappa shape index (κ1) is 14.8. The highest BCUT2D eigenvalue weighted by atomic mass is 16.2. The molecule has 0 atom stereocenters. The Morgan fingerprint density at radius 3 is 3.05 bits per heavy atom. The average molecular weight is 284 g/mol. The molecule has 21 heavy (non-hydrogen) atoms. The number of aromatic amines is 1. The van der Waals surface area contributed by atoms with Gasteiger partial charge in [0.1, 0.15) is 11.5 Å². The van der Waals surface area contributed by atoms with E-state index >= 15 is 0 Å². The molecular weight excluding hydrogens is 268 g/mol. The first-order valence-electron chi connectivity index (χ1n) is 6.62. The molecule has 2 rings (SSSR count). The molecule has 2 heterocycles. The van der Waals surface area contributed by atoms with Gasteiger partial charge in [0.25, 0.3) is 5.91 Å². The van der Waals surface area contributed by atoms with Gasteiger partial charge in [0.2, 0.25) is 0 Å². The molecule has 0 fully saturated rings. The van der Waals surface area contributed by atoms with Crippen LogP contribution >= 0.6 is 0 Å². The molecule has 0 aliphatic heterocycles. The van der Waals surface area contributed by atoms with Crippen LogP contribution in [0.15, 0.2) is 30.7 Å². The van der Waals surface area contributed by atoms with Gasteiger partial charge < -0.3 is 15.4 Å². The number of nitrogens with zero attached hydrogens (tertiary/aromatic N) is 2. The van der Waals surface area contributed by atoms with Crippen LogP contribution in [0.3, 0.4) is 0 Å². The molecule has 6 nitrogen and oxygen atoms in total. The van der Waals surface area contributed by atoms with E-state index in [0.29, 0.717) is 30.6 Å². The third kappa shape index (κ3) is 4.44. The van der Waals surface area contributed by atoms with E-state index in [2.05, 4.69) is 32.1 Å². The Bertz CT molecular complexity index is 641. The second kappa shape index (κ2) is 7.82. The normalized spacial score (nSPS) is 9.76. The van der Waals surface area contributed by atoms with Crippen LogP contribution in [0.4, 0.5) is 0 Å². The molecule has 0 aliphatic carbocycles. The van der Waals surface area contributed by atoms with Crippen LogP contribution in [0.2, 0.25) is 0 Å². The van der Waals surface area contributed by atoms with Gasteiger partial charge in [0.15, 0.2) is 0 Å². The lowest BCUT2D eigenvalue weighted by atomic mass is 10.2. The Morgan fingerprint density at radius 2 is 2.29 bits per heavy atom. The zero-order valence-corrected chi connectivity index (χ0v) is 11.5.